The van der Waals surface area contributed by atoms with Crippen molar-refractivity contribution in [1.82, 2.24) is 9.78 Å². The topological polar surface area (TPSA) is 84.2 Å². The number of aromatic nitrogens is 2. The third-order valence-corrected chi connectivity index (χ3v) is 4.76. The van der Waals surface area contributed by atoms with E-state index in [9.17, 15) is 13.5 Å². The van der Waals surface area contributed by atoms with Gasteiger partial charge in [0.1, 0.15) is 4.90 Å². The maximum Gasteiger partial charge on any atom is 0.265 e. The zero-order valence-corrected chi connectivity index (χ0v) is 12.4. The van der Waals surface area contributed by atoms with E-state index in [1.807, 2.05) is 0 Å². The Morgan fingerprint density at radius 2 is 1.95 bits per heavy atom. The fourth-order valence-corrected chi connectivity index (χ4v) is 3.64. The molecule has 0 aliphatic heterocycles. The molecule has 2 aromatic rings. The first-order valence-electron chi connectivity index (χ1n) is 6.08. The number of nitrogens with zero attached hydrogens (tertiary/aromatic N) is 2. The van der Waals surface area contributed by atoms with Crippen LogP contribution in [0.4, 0.5) is 5.69 Å². The SMILES string of the molecule is Cc1nn(C)c(C)c1S(=O)(=O)Nc1ccccc1CO. The fourth-order valence-electron chi connectivity index (χ4n) is 2.10. The van der Waals surface area contributed by atoms with E-state index in [4.69, 9.17) is 0 Å². The van der Waals surface area contributed by atoms with Crippen molar-refractivity contribution < 1.29 is 13.5 Å². The highest BCUT2D eigenvalue weighted by atomic mass is 32.2. The van der Waals surface area contributed by atoms with Crippen LogP contribution in [0.1, 0.15) is 17.0 Å². The Balaban J connectivity index is 2.46. The van der Waals surface area contributed by atoms with Crippen molar-refractivity contribution in [2.45, 2.75) is 25.3 Å². The molecule has 2 rings (SSSR count). The van der Waals surface area contributed by atoms with Gasteiger partial charge in [0.05, 0.1) is 23.7 Å². The summed E-state index contributed by atoms with van der Waals surface area (Å²) in [5.41, 5.74) is 1.91. The fraction of sp³-hybridized carbons (Fsp3) is 0.308. The Bertz CT molecular complexity index is 735. The van der Waals surface area contributed by atoms with Crippen LogP contribution in [0.5, 0.6) is 0 Å². The maximum absolute atomic E-state index is 12.5. The number of sulfonamides is 1. The number of hydrogen-bond acceptors (Lipinski definition) is 4. The highest BCUT2D eigenvalue weighted by molar-refractivity contribution is 7.92. The molecule has 0 aliphatic carbocycles. The van der Waals surface area contributed by atoms with E-state index in [1.165, 1.54) is 4.68 Å². The van der Waals surface area contributed by atoms with E-state index in [-0.39, 0.29) is 11.5 Å². The first kappa shape index (κ1) is 14.5. The number of hydrogen-bond donors (Lipinski definition) is 2. The molecule has 0 atom stereocenters. The molecule has 1 heterocycles. The lowest BCUT2D eigenvalue weighted by molar-refractivity contribution is 0.282. The van der Waals surface area contributed by atoms with Crippen molar-refractivity contribution in [3.05, 3.63) is 41.2 Å². The lowest BCUT2D eigenvalue weighted by atomic mass is 10.2. The molecule has 0 radical (unpaired) electrons. The van der Waals surface area contributed by atoms with Crippen LogP contribution in [0.2, 0.25) is 0 Å². The highest BCUT2D eigenvalue weighted by Crippen LogP contribution is 2.24. The molecule has 0 saturated heterocycles. The normalized spacial score (nSPS) is 11.6. The molecule has 0 aliphatic rings. The zero-order valence-electron chi connectivity index (χ0n) is 11.6. The second-order valence-electron chi connectivity index (χ2n) is 4.54. The van der Waals surface area contributed by atoms with Crippen LogP contribution in [-0.2, 0) is 23.7 Å². The molecule has 2 N–H and O–H groups in total. The number of aliphatic hydroxyl groups is 1. The second kappa shape index (κ2) is 5.26. The Hall–Kier alpha value is -1.86. The molecule has 0 unspecified atom stereocenters. The van der Waals surface area contributed by atoms with Crippen molar-refractivity contribution in [3.8, 4) is 0 Å². The van der Waals surface area contributed by atoms with E-state index >= 15 is 0 Å². The number of aryl methyl sites for hydroxylation is 2. The van der Waals surface area contributed by atoms with Gasteiger partial charge in [0.2, 0.25) is 0 Å². The van der Waals surface area contributed by atoms with E-state index in [0.29, 0.717) is 22.6 Å². The lowest BCUT2D eigenvalue weighted by Gasteiger charge is -2.11. The largest absolute Gasteiger partial charge is 0.392 e. The summed E-state index contributed by atoms with van der Waals surface area (Å²) in [7, 11) is -2.03. The third kappa shape index (κ3) is 2.54. The predicted octanol–water partition coefficient (Wildman–Crippen LogP) is 1.33. The summed E-state index contributed by atoms with van der Waals surface area (Å²) in [6, 6.07) is 6.73. The van der Waals surface area contributed by atoms with Gasteiger partial charge in [0.15, 0.2) is 0 Å². The molecule has 0 amide bonds. The predicted molar refractivity (Wildman–Crippen MR) is 75.9 cm³/mol. The molecule has 0 spiro atoms. The van der Waals surface area contributed by atoms with Gasteiger partial charge in [-0.3, -0.25) is 9.40 Å². The molecule has 108 valence electrons. The molecular formula is C13H17N3O3S. The van der Waals surface area contributed by atoms with Gasteiger partial charge in [-0.2, -0.15) is 5.10 Å². The maximum atomic E-state index is 12.5. The van der Waals surface area contributed by atoms with Crippen LogP contribution < -0.4 is 4.72 Å². The minimum absolute atomic E-state index is 0.174. The Morgan fingerprint density at radius 3 is 2.50 bits per heavy atom. The summed E-state index contributed by atoms with van der Waals surface area (Å²) in [6.07, 6.45) is 0. The molecular weight excluding hydrogens is 278 g/mol. The number of benzene rings is 1. The van der Waals surface area contributed by atoms with Crippen molar-refractivity contribution in [1.29, 1.82) is 0 Å². The van der Waals surface area contributed by atoms with E-state index in [0.717, 1.165) is 0 Å². The van der Waals surface area contributed by atoms with E-state index < -0.39 is 10.0 Å². The average Bonchev–Trinajstić information content (AvgIpc) is 2.63. The van der Waals surface area contributed by atoms with Crippen LogP contribution in [-0.4, -0.2) is 23.3 Å². The number of anilines is 1. The van der Waals surface area contributed by atoms with Crippen LogP contribution in [0.15, 0.2) is 29.2 Å². The molecule has 1 aromatic carbocycles. The van der Waals surface area contributed by atoms with Crippen LogP contribution in [0, 0.1) is 13.8 Å². The number of aliphatic hydroxyl groups excluding tert-OH is 1. The summed E-state index contributed by atoms with van der Waals surface area (Å²) in [4.78, 5) is 0.174. The van der Waals surface area contributed by atoms with Crippen molar-refractivity contribution in [3.63, 3.8) is 0 Å². The number of para-hydroxylation sites is 1. The van der Waals surface area contributed by atoms with Gasteiger partial charge in [-0.25, -0.2) is 8.42 Å². The summed E-state index contributed by atoms with van der Waals surface area (Å²) in [6.45, 7) is 3.12. The quantitative estimate of drug-likeness (QED) is 0.891. The zero-order chi connectivity index (χ0) is 14.9. The van der Waals surface area contributed by atoms with Gasteiger partial charge in [0, 0.05) is 12.6 Å². The summed E-state index contributed by atoms with van der Waals surface area (Å²) in [5, 5.41) is 13.4. The Labute approximate surface area is 118 Å². The van der Waals surface area contributed by atoms with Crippen LogP contribution in [0.25, 0.3) is 0 Å². The first-order chi connectivity index (χ1) is 9.36. The van der Waals surface area contributed by atoms with Gasteiger partial charge < -0.3 is 5.11 Å². The van der Waals surface area contributed by atoms with Crippen LogP contribution >= 0.6 is 0 Å². The summed E-state index contributed by atoms with van der Waals surface area (Å²) < 4.78 is 29.0. The molecule has 7 heteroatoms. The Morgan fingerprint density at radius 1 is 1.30 bits per heavy atom. The molecule has 0 saturated carbocycles. The molecule has 1 aromatic heterocycles. The minimum atomic E-state index is -3.73. The van der Waals surface area contributed by atoms with Gasteiger partial charge in [-0.05, 0) is 19.9 Å². The van der Waals surface area contributed by atoms with Crippen molar-refractivity contribution in [2.75, 3.05) is 4.72 Å². The van der Waals surface area contributed by atoms with Crippen molar-refractivity contribution >= 4 is 15.7 Å². The van der Waals surface area contributed by atoms with Gasteiger partial charge >= 0.3 is 0 Å². The minimum Gasteiger partial charge on any atom is -0.392 e. The van der Waals surface area contributed by atoms with Crippen molar-refractivity contribution in [2.24, 2.45) is 7.05 Å². The molecule has 20 heavy (non-hydrogen) atoms. The van der Waals surface area contributed by atoms with Gasteiger partial charge in [-0.1, -0.05) is 18.2 Å². The van der Waals surface area contributed by atoms with E-state index in [2.05, 4.69) is 9.82 Å². The van der Waals surface area contributed by atoms with Gasteiger partial charge in [-0.15, -0.1) is 0 Å². The standard InChI is InChI=1S/C13H17N3O3S/c1-9-13(10(2)16(3)14-9)20(18,19)15-12-7-5-4-6-11(12)8-17/h4-7,15,17H,8H2,1-3H3. The smallest absolute Gasteiger partial charge is 0.265 e. The first-order valence-corrected chi connectivity index (χ1v) is 7.57. The van der Waals surface area contributed by atoms with E-state index in [1.54, 1.807) is 45.2 Å². The average molecular weight is 295 g/mol. The van der Waals surface area contributed by atoms with Gasteiger partial charge in [0.25, 0.3) is 10.0 Å². The molecule has 0 bridgehead atoms. The lowest BCUT2D eigenvalue weighted by Crippen LogP contribution is -2.16. The second-order valence-corrected chi connectivity index (χ2v) is 6.16. The monoisotopic (exact) mass is 295 g/mol. The number of nitrogens with one attached hydrogen (secondary N) is 1. The summed E-state index contributed by atoms with van der Waals surface area (Å²) >= 11 is 0. The Kier molecular flexibility index (Phi) is 3.82. The molecule has 6 nitrogen and oxygen atoms in total. The molecule has 0 fully saturated rings. The van der Waals surface area contributed by atoms with Crippen LogP contribution in [0.3, 0.4) is 0 Å². The highest BCUT2D eigenvalue weighted by Gasteiger charge is 2.24. The number of rotatable bonds is 4. The summed E-state index contributed by atoms with van der Waals surface area (Å²) in [5.74, 6) is 0. The third-order valence-electron chi connectivity index (χ3n) is 3.14.